The zero-order valence-electron chi connectivity index (χ0n) is 7.71. The molecule has 2 heterocycles. The lowest BCUT2D eigenvalue weighted by atomic mass is 10.4. The summed E-state index contributed by atoms with van der Waals surface area (Å²) in [4.78, 5) is 15.3. The average Bonchev–Trinajstić information content (AvgIpc) is 2.83. The number of hydrogen-bond acceptors (Lipinski definition) is 6. The van der Waals surface area contributed by atoms with Gasteiger partial charge in [0.2, 0.25) is 5.82 Å². The smallest absolute Gasteiger partial charge is 0.314 e. The summed E-state index contributed by atoms with van der Waals surface area (Å²) in [5.74, 6) is -0.525. The van der Waals surface area contributed by atoms with E-state index in [9.17, 15) is 4.79 Å². The zero-order chi connectivity index (χ0) is 11.5. The maximum absolute atomic E-state index is 10.3. The quantitative estimate of drug-likeness (QED) is 0.873. The van der Waals surface area contributed by atoms with Gasteiger partial charge in [-0.1, -0.05) is 16.9 Å². The molecule has 0 amide bonds. The van der Waals surface area contributed by atoms with Crippen LogP contribution in [0.25, 0.3) is 10.7 Å². The lowest BCUT2D eigenvalue weighted by Gasteiger charge is -1.87. The minimum atomic E-state index is -0.913. The van der Waals surface area contributed by atoms with Crippen LogP contribution in [-0.2, 0) is 4.79 Å². The number of carbonyl (C=O) groups is 1. The van der Waals surface area contributed by atoms with E-state index in [1.165, 1.54) is 11.3 Å². The molecule has 0 aliphatic carbocycles. The number of hydrogen-bond donors (Lipinski definition) is 1. The van der Waals surface area contributed by atoms with Gasteiger partial charge in [-0.15, -0.1) is 11.3 Å². The molecule has 0 saturated heterocycles. The van der Waals surface area contributed by atoms with Crippen molar-refractivity contribution in [1.82, 2.24) is 10.1 Å². The number of carboxylic acid groups (broad SMARTS) is 1. The summed E-state index contributed by atoms with van der Waals surface area (Å²) in [7, 11) is 0. The van der Waals surface area contributed by atoms with Gasteiger partial charge in [0.25, 0.3) is 5.22 Å². The van der Waals surface area contributed by atoms with E-state index in [0.717, 1.165) is 21.1 Å². The average molecular weight is 321 g/mol. The maximum atomic E-state index is 10.3. The molecule has 0 spiro atoms. The summed E-state index contributed by atoms with van der Waals surface area (Å²) in [5.41, 5.74) is 0. The summed E-state index contributed by atoms with van der Waals surface area (Å²) in [6.45, 7) is 0. The SMILES string of the molecule is O=C(O)CSc1nc(-c2cc(Br)cs2)no1. The predicted molar refractivity (Wildman–Crippen MR) is 63.7 cm³/mol. The number of thiophene rings is 1. The first-order valence-corrected chi connectivity index (χ1v) is 6.73. The minimum Gasteiger partial charge on any atom is -0.481 e. The number of thioether (sulfide) groups is 1. The first kappa shape index (κ1) is 11.6. The van der Waals surface area contributed by atoms with E-state index in [1.54, 1.807) is 0 Å². The summed E-state index contributed by atoms with van der Waals surface area (Å²) in [6.07, 6.45) is 0. The predicted octanol–water partition coefficient (Wildman–Crippen LogP) is 2.74. The fraction of sp³-hybridized carbons (Fsp3) is 0.125. The van der Waals surface area contributed by atoms with Gasteiger partial charge in [0.1, 0.15) is 5.75 Å². The Morgan fingerprint density at radius 3 is 3.12 bits per heavy atom. The van der Waals surface area contributed by atoms with Gasteiger partial charge in [-0.2, -0.15) is 4.98 Å². The summed E-state index contributed by atoms with van der Waals surface area (Å²) < 4.78 is 5.86. The number of aromatic nitrogens is 2. The number of halogens is 1. The van der Waals surface area contributed by atoms with E-state index in [-0.39, 0.29) is 11.0 Å². The second-order valence-corrected chi connectivity index (χ2v) is 5.45. The molecule has 8 heteroatoms. The largest absolute Gasteiger partial charge is 0.481 e. The number of aliphatic carboxylic acids is 1. The third-order valence-electron chi connectivity index (χ3n) is 1.51. The van der Waals surface area contributed by atoms with Crippen LogP contribution in [0.2, 0.25) is 0 Å². The Balaban J connectivity index is 2.10. The van der Waals surface area contributed by atoms with E-state index in [0.29, 0.717) is 5.82 Å². The highest BCUT2D eigenvalue weighted by Crippen LogP contribution is 2.29. The Kier molecular flexibility index (Phi) is 3.62. The Labute approximate surface area is 107 Å². The molecular formula is C8H5BrN2O3S2. The molecule has 0 radical (unpaired) electrons. The van der Waals surface area contributed by atoms with Crippen LogP contribution >= 0.6 is 39.0 Å². The van der Waals surface area contributed by atoms with Gasteiger partial charge >= 0.3 is 5.97 Å². The van der Waals surface area contributed by atoms with Gasteiger partial charge in [0.15, 0.2) is 0 Å². The highest BCUT2D eigenvalue weighted by Gasteiger charge is 2.11. The molecule has 0 aliphatic rings. The van der Waals surface area contributed by atoms with Crippen molar-refractivity contribution in [3.05, 3.63) is 15.9 Å². The number of nitrogens with zero attached hydrogens (tertiary/aromatic N) is 2. The molecule has 0 aromatic carbocycles. The highest BCUT2D eigenvalue weighted by molar-refractivity contribution is 9.10. The van der Waals surface area contributed by atoms with Crippen LogP contribution in [0.1, 0.15) is 0 Å². The topological polar surface area (TPSA) is 76.2 Å². The molecule has 84 valence electrons. The fourth-order valence-electron chi connectivity index (χ4n) is 0.922. The van der Waals surface area contributed by atoms with Crippen molar-refractivity contribution in [2.24, 2.45) is 0 Å². The lowest BCUT2D eigenvalue weighted by molar-refractivity contribution is -0.133. The standard InChI is InChI=1S/C8H5BrN2O3S2/c9-4-1-5(15-2-4)7-10-8(14-11-7)16-3-6(12)13/h1-2H,3H2,(H,12,13). The van der Waals surface area contributed by atoms with Crippen LogP contribution in [0.4, 0.5) is 0 Å². The molecule has 0 bridgehead atoms. The van der Waals surface area contributed by atoms with E-state index >= 15 is 0 Å². The molecule has 0 fully saturated rings. The summed E-state index contributed by atoms with van der Waals surface area (Å²) in [5, 5.41) is 14.4. The second-order valence-electron chi connectivity index (χ2n) is 2.70. The van der Waals surface area contributed by atoms with Crippen LogP contribution in [0.5, 0.6) is 0 Å². The lowest BCUT2D eigenvalue weighted by Crippen LogP contribution is -1.97. The van der Waals surface area contributed by atoms with Gasteiger partial charge in [0.05, 0.1) is 4.88 Å². The Morgan fingerprint density at radius 2 is 2.50 bits per heavy atom. The molecule has 2 aromatic heterocycles. The molecule has 1 N–H and O–H groups in total. The molecular weight excluding hydrogens is 316 g/mol. The normalized spacial score (nSPS) is 10.6. The number of carboxylic acids is 1. The van der Waals surface area contributed by atoms with Gasteiger partial charge < -0.3 is 9.63 Å². The molecule has 0 saturated carbocycles. The molecule has 16 heavy (non-hydrogen) atoms. The molecule has 0 atom stereocenters. The van der Waals surface area contributed by atoms with Gasteiger partial charge in [-0.25, -0.2) is 0 Å². The maximum Gasteiger partial charge on any atom is 0.314 e. The molecule has 0 unspecified atom stereocenters. The van der Waals surface area contributed by atoms with Crippen LogP contribution in [0, 0.1) is 0 Å². The van der Waals surface area contributed by atoms with Gasteiger partial charge in [-0.05, 0) is 22.0 Å². The Hall–Kier alpha value is -0.860. The van der Waals surface area contributed by atoms with Crippen LogP contribution in [-0.4, -0.2) is 27.0 Å². The van der Waals surface area contributed by atoms with Crippen molar-refractivity contribution in [2.75, 3.05) is 5.75 Å². The van der Waals surface area contributed by atoms with E-state index in [2.05, 4.69) is 26.1 Å². The second kappa shape index (κ2) is 4.98. The first-order chi connectivity index (χ1) is 7.65. The van der Waals surface area contributed by atoms with Crippen LogP contribution < -0.4 is 0 Å². The van der Waals surface area contributed by atoms with Gasteiger partial charge in [-0.3, -0.25) is 4.79 Å². The molecule has 0 aliphatic heterocycles. The van der Waals surface area contributed by atoms with Crippen molar-refractivity contribution >= 4 is 45.0 Å². The molecule has 2 aromatic rings. The van der Waals surface area contributed by atoms with Crippen molar-refractivity contribution in [3.8, 4) is 10.7 Å². The van der Waals surface area contributed by atoms with Crippen molar-refractivity contribution in [1.29, 1.82) is 0 Å². The first-order valence-electron chi connectivity index (χ1n) is 4.08. The number of rotatable bonds is 4. The summed E-state index contributed by atoms with van der Waals surface area (Å²) >= 11 is 5.81. The van der Waals surface area contributed by atoms with Crippen molar-refractivity contribution < 1.29 is 14.4 Å². The highest BCUT2D eigenvalue weighted by atomic mass is 79.9. The zero-order valence-corrected chi connectivity index (χ0v) is 10.9. The Bertz CT molecular complexity index is 511. The third kappa shape index (κ3) is 2.83. The van der Waals surface area contributed by atoms with Crippen molar-refractivity contribution in [3.63, 3.8) is 0 Å². The van der Waals surface area contributed by atoms with Crippen LogP contribution in [0.3, 0.4) is 0 Å². The fourth-order valence-corrected chi connectivity index (χ4v) is 2.76. The van der Waals surface area contributed by atoms with Gasteiger partial charge in [0, 0.05) is 9.85 Å². The third-order valence-corrected chi connectivity index (χ3v) is 4.01. The van der Waals surface area contributed by atoms with Crippen LogP contribution in [0.15, 0.2) is 25.7 Å². The van der Waals surface area contributed by atoms with E-state index in [4.69, 9.17) is 9.63 Å². The molecule has 2 rings (SSSR count). The van der Waals surface area contributed by atoms with Crippen molar-refractivity contribution in [2.45, 2.75) is 5.22 Å². The van der Waals surface area contributed by atoms with E-state index < -0.39 is 5.97 Å². The summed E-state index contributed by atoms with van der Waals surface area (Å²) in [6, 6.07) is 1.88. The minimum absolute atomic E-state index is 0.0875. The monoisotopic (exact) mass is 320 g/mol. The Morgan fingerprint density at radius 1 is 1.69 bits per heavy atom. The van der Waals surface area contributed by atoms with E-state index in [1.807, 2.05) is 11.4 Å². The molecule has 5 nitrogen and oxygen atoms in total.